The average molecular weight is 223 g/mol. The van der Waals surface area contributed by atoms with E-state index in [4.69, 9.17) is 5.11 Å². The average Bonchev–Trinajstić information content (AvgIpc) is 1.94. The van der Waals surface area contributed by atoms with Gasteiger partial charge in [-0.1, -0.05) is 0 Å². The van der Waals surface area contributed by atoms with Crippen LogP contribution in [-0.4, -0.2) is 43.5 Å². The Morgan fingerprint density at radius 1 is 1.43 bits per heavy atom. The van der Waals surface area contributed by atoms with Crippen LogP contribution in [0, 0.1) is 0 Å². The molecule has 0 heterocycles. The Labute approximate surface area is 82.2 Å². The van der Waals surface area contributed by atoms with Crippen molar-refractivity contribution in [3.8, 4) is 0 Å². The summed E-state index contributed by atoms with van der Waals surface area (Å²) < 4.78 is 21.5. The summed E-state index contributed by atoms with van der Waals surface area (Å²) in [5, 5.41) is 10.8. The van der Waals surface area contributed by atoms with Crippen molar-refractivity contribution in [2.75, 3.05) is 12.0 Å². The van der Waals surface area contributed by atoms with E-state index in [1.807, 2.05) is 0 Å². The number of carboxylic acid groups (broad SMARTS) is 1. The predicted octanol–water partition coefficient (Wildman–Crippen LogP) is -0.990. The van der Waals surface area contributed by atoms with Crippen molar-refractivity contribution in [2.24, 2.45) is 0 Å². The van der Waals surface area contributed by atoms with E-state index in [0.717, 1.165) is 6.26 Å². The van der Waals surface area contributed by atoms with Crippen molar-refractivity contribution in [3.63, 3.8) is 0 Å². The van der Waals surface area contributed by atoms with E-state index < -0.39 is 27.8 Å². The van der Waals surface area contributed by atoms with Gasteiger partial charge in [-0.15, -0.1) is 0 Å². The lowest BCUT2D eigenvalue weighted by Crippen LogP contribution is -2.40. The molecule has 0 bridgehead atoms. The number of rotatable bonds is 5. The fourth-order valence-electron chi connectivity index (χ4n) is 0.835. The lowest BCUT2D eigenvalue weighted by molar-refractivity contribution is -0.141. The molecule has 0 aliphatic heterocycles. The Morgan fingerprint density at radius 2 is 1.93 bits per heavy atom. The quantitative estimate of drug-likeness (QED) is 0.623. The Balaban J connectivity index is 4.25. The van der Waals surface area contributed by atoms with Gasteiger partial charge in [0, 0.05) is 13.2 Å². The molecule has 0 aliphatic rings. The Morgan fingerprint density at radius 3 is 2.21 bits per heavy atom. The number of nitrogens with one attached hydrogen (secondary N) is 1. The van der Waals surface area contributed by atoms with Gasteiger partial charge in [-0.3, -0.25) is 4.79 Å². The maximum atomic E-state index is 10.7. The summed E-state index contributed by atoms with van der Waals surface area (Å²) in [4.78, 5) is 21.1. The molecule has 1 amide bonds. The molecular formula is C7H13NO5S. The molecule has 82 valence electrons. The van der Waals surface area contributed by atoms with Crippen molar-refractivity contribution in [1.82, 2.24) is 5.32 Å². The van der Waals surface area contributed by atoms with Gasteiger partial charge in [0.1, 0.15) is 15.9 Å². The normalized spacial score (nSPS) is 13.3. The fourth-order valence-corrected chi connectivity index (χ4v) is 1.50. The van der Waals surface area contributed by atoms with Gasteiger partial charge in [0.15, 0.2) is 0 Å². The van der Waals surface area contributed by atoms with E-state index in [1.54, 1.807) is 0 Å². The molecular weight excluding hydrogens is 210 g/mol. The molecule has 0 spiro atoms. The van der Waals surface area contributed by atoms with Gasteiger partial charge in [0.2, 0.25) is 5.91 Å². The van der Waals surface area contributed by atoms with Crippen LogP contribution in [0.4, 0.5) is 0 Å². The first-order valence-corrected chi connectivity index (χ1v) is 5.96. The van der Waals surface area contributed by atoms with Crippen LogP contribution in [0.3, 0.4) is 0 Å². The number of amides is 1. The number of carbonyl (C=O) groups is 2. The molecule has 7 heteroatoms. The van der Waals surface area contributed by atoms with Crippen LogP contribution in [0.2, 0.25) is 0 Å². The van der Waals surface area contributed by atoms with Crippen molar-refractivity contribution >= 4 is 21.7 Å². The van der Waals surface area contributed by atoms with Crippen molar-refractivity contribution in [2.45, 2.75) is 19.4 Å². The van der Waals surface area contributed by atoms with Gasteiger partial charge in [0.05, 0.1) is 5.75 Å². The van der Waals surface area contributed by atoms with Gasteiger partial charge in [0.25, 0.3) is 0 Å². The summed E-state index contributed by atoms with van der Waals surface area (Å²) in [6.07, 6.45) is 0.896. The van der Waals surface area contributed by atoms with E-state index in [9.17, 15) is 18.0 Å². The van der Waals surface area contributed by atoms with E-state index >= 15 is 0 Å². The topological polar surface area (TPSA) is 101 Å². The summed E-state index contributed by atoms with van der Waals surface area (Å²) in [5.74, 6) is -1.99. The number of hydrogen-bond donors (Lipinski definition) is 2. The number of carboxylic acids is 1. The largest absolute Gasteiger partial charge is 0.480 e. The minimum Gasteiger partial charge on any atom is -0.480 e. The second-order valence-electron chi connectivity index (χ2n) is 3.01. The zero-order chi connectivity index (χ0) is 11.4. The molecule has 0 aliphatic carbocycles. The number of aliphatic carboxylic acids is 1. The maximum Gasteiger partial charge on any atom is 0.326 e. The summed E-state index contributed by atoms with van der Waals surface area (Å²) in [6, 6.07) is -1.14. The SMILES string of the molecule is CC(=O)NC(CCS(C)(=O)=O)C(=O)O. The first-order valence-electron chi connectivity index (χ1n) is 3.90. The molecule has 0 rings (SSSR count). The highest BCUT2D eigenvalue weighted by molar-refractivity contribution is 7.90. The van der Waals surface area contributed by atoms with E-state index in [2.05, 4.69) is 5.32 Å². The molecule has 0 aromatic rings. The number of hydrogen-bond acceptors (Lipinski definition) is 4. The molecule has 0 saturated heterocycles. The number of sulfone groups is 1. The molecule has 6 nitrogen and oxygen atoms in total. The molecule has 0 aromatic carbocycles. The predicted molar refractivity (Wildman–Crippen MR) is 49.6 cm³/mol. The molecule has 0 saturated carbocycles. The van der Waals surface area contributed by atoms with Crippen LogP contribution in [0.5, 0.6) is 0 Å². The molecule has 0 fully saturated rings. The monoisotopic (exact) mass is 223 g/mol. The minimum absolute atomic E-state index is 0.117. The van der Waals surface area contributed by atoms with Gasteiger partial charge >= 0.3 is 5.97 Å². The van der Waals surface area contributed by atoms with Gasteiger partial charge in [-0.25, -0.2) is 13.2 Å². The summed E-state index contributed by atoms with van der Waals surface area (Å²) in [5.41, 5.74) is 0. The van der Waals surface area contributed by atoms with Crippen LogP contribution in [-0.2, 0) is 19.4 Å². The van der Waals surface area contributed by atoms with Crippen LogP contribution < -0.4 is 5.32 Å². The van der Waals surface area contributed by atoms with E-state index in [1.165, 1.54) is 6.92 Å². The third-order valence-electron chi connectivity index (χ3n) is 1.45. The second-order valence-corrected chi connectivity index (χ2v) is 5.27. The first kappa shape index (κ1) is 12.9. The Bertz CT molecular complexity index is 321. The standard InChI is InChI=1S/C7H13NO5S/c1-5(9)8-6(7(10)11)3-4-14(2,12)13/h6H,3-4H2,1-2H3,(H,8,9)(H,10,11). The summed E-state index contributed by atoms with van der Waals surface area (Å²) in [7, 11) is -3.20. The van der Waals surface area contributed by atoms with Crippen molar-refractivity contribution in [3.05, 3.63) is 0 Å². The van der Waals surface area contributed by atoms with Crippen LogP contribution in [0.15, 0.2) is 0 Å². The molecule has 1 atom stereocenters. The molecule has 1 unspecified atom stereocenters. The molecule has 14 heavy (non-hydrogen) atoms. The highest BCUT2D eigenvalue weighted by Gasteiger charge is 2.19. The van der Waals surface area contributed by atoms with Gasteiger partial charge in [-0.05, 0) is 6.42 Å². The zero-order valence-electron chi connectivity index (χ0n) is 7.98. The third kappa shape index (κ3) is 6.41. The lowest BCUT2D eigenvalue weighted by Gasteiger charge is -2.11. The molecule has 0 radical (unpaired) electrons. The van der Waals surface area contributed by atoms with Crippen LogP contribution >= 0.6 is 0 Å². The zero-order valence-corrected chi connectivity index (χ0v) is 8.80. The van der Waals surface area contributed by atoms with Gasteiger partial charge < -0.3 is 10.4 Å². The first-order chi connectivity index (χ1) is 6.22. The van der Waals surface area contributed by atoms with Gasteiger partial charge in [-0.2, -0.15) is 0 Å². The Kier molecular flexibility index (Phi) is 4.55. The van der Waals surface area contributed by atoms with Crippen LogP contribution in [0.25, 0.3) is 0 Å². The highest BCUT2D eigenvalue weighted by Crippen LogP contribution is 1.96. The van der Waals surface area contributed by atoms with E-state index in [0.29, 0.717) is 0 Å². The number of carbonyl (C=O) groups excluding carboxylic acids is 1. The maximum absolute atomic E-state index is 10.7. The van der Waals surface area contributed by atoms with Crippen LogP contribution in [0.1, 0.15) is 13.3 Å². The lowest BCUT2D eigenvalue weighted by atomic mass is 10.2. The van der Waals surface area contributed by atoms with E-state index in [-0.39, 0.29) is 12.2 Å². The minimum atomic E-state index is -3.20. The summed E-state index contributed by atoms with van der Waals surface area (Å²) >= 11 is 0. The summed E-state index contributed by atoms with van der Waals surface area (Å²) in [6.45, 7) is 1.18. The second kappa shape index (κ2) is 4.94. The van der Waals surface area contributed by atoms with Crippen molar-refractivity contribution < 1.29 is 23.1 Å². The molecule has 0 aromatic heterocycles. The molecule has 2 N–H and O–H groups in total. The Hall–Kier alpha value is -1.11. The fraction of sp³-hybridized carbons (Fsp3) is 0.714. The third-order valence-corrected chi connectivity index (χ3v) is 2.43. The smallest absolute Gasteiger partial charge is 0.326 e. The van der Waals surface area contributed by atoms with Crippen molar-refractivity contribution in [1.29, 1.82) is 0 Å². The highest BCUT2D eigenvalue weighted by atomic mass is 32.2.